The summed E-state index contributed by atoms with van der Waals surface area (Å²) in [6.45, 7) is -1.96. The van der Waals surface area contributed by atoms with Crippen molar-refractivity contribution in [3.05, 3.63) is 59.4 Å². The minimum Gasteiger partial charge on any atom is -0.268 e. The molecule has 1 aliphatic heterocycles. The Hall–Kier alpha value is -2.43. The maximum absolute atomic E-state index is 13.5. The number of benzene rings is 2. The van der Waals surface area contributed by atoms with Gasteiger partial charge in [-0.2, -0.15) is 17.8 Å². The van der Waals surface area contributed by atoms with Crippen LogP contribution in [0.4, 0.5) is 8.78 Å². The van der Waals surface area contributed by atoms with Crippen LogP contribution in [-0.2, 0) is 10.0 Å². The number of nitrogens with zero attached hydrogens (tertiary/aromatic N) is 4. The van der Waals surface area contributed by atoms with Crippen LogP contribution in [0.3, 0.4) is 0 Å². The molecule has 2 aromatic carbocycles. The molecule has 0 aliphatic carbocycles. The molecule has 0 spiro atoms. The van der Waals surface area contributed by atoms with E-state index < -0.39 is 16.6 Å². The molecule has 1 fully saturated rings. The SMILES string of the molecule is O=S(=O)(c1cccc(-c2nn(C(F)F)c(=S)n2-c2ccccc2)c1)N1CCCCC1. The van der Waals surface area contributed by atoms with Crippen molar-refractivity contribution in [2.75, 3.05) is 13.1 Å². The van der Waals surface area contributed by atoms with Gasteiger partial charge in [0.1, 0.15) is 0 Å². The molecular formula is C20H20F2N4O2S2. The summed E-state index contributed by atoms with van der Waals surface area (Å²) in [5.74, 6) is 0.155. The number of aromatic nitrogens is 3. The summed E-state index contributed by atoms with van der Waals surface area (Å²) in [5, 5.41) is 4.01. The Morgan fingerprint density at radius 2 is 1.67 bits per heavy atom. The summed E-state index contributed by atoms with van der Waals surface area (Å²) in [4.78, 5) is 0.110. The normalized spacial score (nSPS) is 15.6. The van der Waals surface area contributed by atoms with E-state index in [1.54, 1.807) is 42.5 Å². The minimum atomic E-state index is -3.67. The summed E-state index contributed by atoms with van der Waals surface area (Å²) < 4.78 is 56.3. The third kappa shape index (κ3) is 3.82. The van der Waals surface area contributed by atoms with Crippen LogP contribution in [0.1, 0.15) is 25.8 Å². The first-order valence-corrected chi connectivity index (χ1v) is 11.4. The van der Waals surface area contributed by atoms with Gasteiger partial charge in [-0.05, 0) is 49.3 Å². The zero-order valence-corrected chi connectivity index (χ0v) is 17.6. The third-order valence-electron chi connectivity index (χ3n) is 5.05. The highest BCUT2D eigenvalue weighted by Crippen LogP contribution is 2.28. The van der Waals surface area contributed by atoms with Crippen LogP contribution in [0.25, 0.3) is 17.1 Å². The summed E-state index contributed by atoms with van der Waals surface area (Å²) >= 11 is 5.24. The molecule has 0 unspecified atom stereocenters. The zero-order valence-electron chi connectivity index (χ0n) is 16.0. The first-order chi connectivity index (χ1) is 14.4. The van der Waals surface area contributed by atoms with Crippen molar-refractivity contribution in [3.63, 3.8) is 0 Å². The van der Waals surface area contributed by atoms with E-state index in [9.17, 15) is 17.2 Å². The van der Waals surface area contributed by atoms with Gasteiger partial charge in [-0.3, -0.25) is 4.57 Å². The lowest BCUT2D eigenvalue weighted by Crippen LogP contribution is -2.35. The molecular weight excluding hydrogens is 430 g/mol. The summed E-state index contributed by atoms with van der Waals surface area (Å²) in [6, 6.07) is 15.0. The molecule has 3 aromatic rings. The Morgan fingerprint density at radius 1 is 0.967 bits per heavy atom. The maximum atomic E-state index is 13.5. The van der Waals surface area contributed by atoms with E-state index in [-0.39, 0.29) is 15.5 Å². The molecule has 10 heteroatoms. The van der Waals surface area contributed by atoms with Crippen molar-refractivity contribution in [1.82, 2.24) is 18.7 Å². The van der Waals surface area contributed by atoms with Gasteiger partial charge in [0.05, 0.1) is 4.90 Å². The Labute approximate surface area is 178 Å². The molecule has 1 aliphatic rings. The molecule has 2 heterocycles. The number of para-hydroxylation sites is 1. The largest absolute Gasteiger partial charge is 0.335 e. The molecule has 0 radical (unpaired) electrons. The number of hydrogen-bond donors (Lipinski definition) is 0. The lowest BCUT2D eigenvalue weighted by Gasteiger charge is -2.26. The van der Waals surface area contributed by atoms with E-state index in [1.807, 2.05) is 0 Å². The van der Waals surface area contributed by atoms with E-state index in [0.29, 0.717) is 29.0 Å². The third-order valence-corrected chi connectivity index (χ3v) is 7.31. The molecule has 4 rings (SSSR count). The number of halogens is 2. The fraction of sp³-hybridized carbons (Fsp3) is 0.300. The summed E-state index contributed by atoms with van der Waals surface area (Å²) in [6.07, 6.45) is 2.66. The highest BCUT2D eigenvalue weighted by molar-refractivity contribution is 7.89. The number of piperidine rings is 1. The molecule has 1 aromatic heterocycles. The quantitative estimate of drug-likeness (QED) is 0.532. The van der Waals surface area contributed by atoms with Gasteiger partial charge in [0.2, 0.25) is 14.8 Å². The fourth-order valence-electron chi connectivity index (χ4n) is 3.56. The second-order valence-corrected chi connectivity index (χ2v) is 9.30. The molecule has 1 saturated heterocycles. The van der Waals surface area contributed by atoms with Crippen LogP contribution in [-0.4, -0.2) is 40.2 Å². The topological polar surface area (TPSA) is 60.1 Å². The van der Waals surface area contributed by atoms with Gasteiger partial charge in [-0.1, -0.05) is 36.8 Å². The highest BCUT2D eigenvalue weighted by atomic mass is 32.2. The molecule has 0 bridgehead atoms. The Bertz CT molecular complexity index is 1200. The number of sulfonamides is 1. The monoisotopic (exact) mass is 450 g/mol. The minimum absolute atomic E-state index is 0.110. The van der Waals surface area contributed by atoms with Gasteiger partial charge in [0, 0.05) is 24.3 Å². The van der Waals surface area contributed by atoms with Crippen LogP contribution >= 0.6 is 12.2 Å². The van der Waals surface area contributed by atoms with Crippen LogP contribution in [0.5, 0.6) is 0 Å². The lowest BCUT2D eigenvalue weighted by atomic mass is 10.2. The zero-order chi connectivity index (χ0) is 21.3. The highest BCUT2D eigenvalue weighted by Gasteiger charge is 2.27. The first-order valence-electron chi connectivity index (χ1n) is 9.55. The maximum Gasteiger partial charge on any atom is 0.335 e. The van der Waals surface area contributed by atoms with Gasteiger partial charge >= 0.3 is 6.55 Å². The van der Waals surface area contributed by atoms with E-state index >= 15 is 0 Å². The van der Waals surface area contributed by atoms with Gasteiger partial charge in [-0.15, -0.1) is 5.10 Å². The predicted molar refractivity (Wildman–Crippen MR) is 112 cm³/mol. The van der Waals surface area contributed by atoms with Crippen molar-refractivity contribution in [3.8, 4) is 17.1 Å². The van der Waals surface area contributed by atoms with Crippen LogP contribution in [0, 0.1) is 4.77 Å². The van der Waals surface area contributed by atoms with E-state index in [0.717, 1.165) is 19.3 Å². The van der Waals surface area contributed by atoms with Crippen molar-refractivity contribution >= 4 is 22.2 Å². The van der Waals surface area contributed by atoms with Crippen LogP contribution in [0.2, 0.25) is 0 Å². The predicted octanol–water partition coefficient (Wildman–Crippen LogP) is 4.64. The average molecular weight is 451 g/mol. The fourth-order valence-corrected chi connectivity index (χ4v) is 5.43. The van der Waals surface area contributed by atoms with Crippen LogP contribution in [0.15, 0.2) is 59.5 Å². The van der Waals surface area contributed by atoms with Gasteiger partial charge in [-0.25, -0.2) is 8.42 Å². The van der Waals surface area contributed by atoms with Crippen molar-refractivity contribution < 1.29 is 17.2 Å². The summed E-state index contributed by atoms with van der Waals surface area (Å²) in [7, 11) is -3.67. The second kappa shape index (κ2) is 8.37. The molecule has 30 heavy (non-hydrogen) atoms. The van der Waals surface area contributed by atoms with Crippen molar-refractivity contribution in [1.29, 1.82) is 0 Å². The van der Waals surface area contributed by atoms with E-state index in [4.69, 9.17) is 12.2 Å². The molecule has 6 nitrogen and oxygen atoms in total. The van der Waals surface area contributed by atoms with Gasteiger partial charge in [0.15, 0.2) is 5.82 Å². The standard InChI is InChI=1S/C20H20F2N4O2S2/c21-19(22)26-20(29)25(16-9-3-1-4-10-16)18(23-26)15-8-7-11-17(14-15)30(27,28)24-12-5-2-6-13-24/h1,3-4,7-11,14,19H,2,5-6,12-13H2. The van der Waals surface area contributed by atoms with Gasteiger partial charge < -0.3 is 0 Å². The molecule has 0 amide bonds. The number of hydrogen-bond acceptors (Lipinski definition) is 4. The van der Waals surface area contributed by atoms with Crippen molar-refractivity contribution in [2.24, 2.45) is 0 Å². The molecule has 0 atom stereocenters. The van der Waals surface area contributed by atoms with Crippen molar-refractivity contribution in [2.45, 2.75) is 30.7 Å². The molecule has 0 N–H and O–H groups in total. The molecule has 0 saturated carbocycles. The Balaban J connectivity index is 1.85. The lowest BCUT2D eigenvalue weighted by molar-refractivity contribution is 0.0546. The Morgan fingerprint density at radius 3 is 2.33 bits per heavy atom. The van der Waals surface area contributed by atoms with E-state index in [2.05, 4.69) is 5.10 Å². The molecule has 158 valence electrons. The number of alkyl halides is 2. The average Bonchev–Trinajstić information content (AvgIpc) is 3.12. The second-order valence-electron chi connectivity index (χ2n) is 6.99. The first kappa shape index (κ1) is 20.8. The summed E-state index contributed by atoms with van der Waals surface area (Å²) in [5.41, 5.74) is 0.955. The Kier molecular flexibility index (Phi) is 5.81. The van der Waals surface area contributed by atoms with Gasteiger partial charge in [0.25, 0.3) is 0 Å². The number of rotatable bonds is 5. The van der Waals surface area contributed by atoms with Crippen LogP contribution < -0.4 is 0 Å². The van der Waals surface area contributed by atoms with E-state index in [1.165, 1.54) is 21.0 Å². The smallest absolute Gasteiger partial charge is 0.268 e.